The van der Waals surface area contributed by atoms with Crippen LogP contribution in [0.2, 0.25) is 0 Å². The van der Waals surface area contributed by atoms with Crippen LogP contribution in [-0.2, 0) is 0 Å². The molecule has 2 heterocycles. The number of rotatable bonds is 2. The summed E-state index contributed by atoms with van der Waals surface area (Å²) in [6.07, 6.45) is 7.70. The van der Waals surface area contributed by atoms with E-state index in [1.807, 2.05) is 0 Å². The van der Waals surface area contributed by atoms with Crippen LogP contribution in [0, 0.1) is 29.6 Å². The molecule has 5 unspecified atom stereocenters. The molecule has 0 amide bonds. The number of piperidine rings is 1. The Morgan fingerprint density at radius 2 is 1.88 bits per heavy atom. The van der Waals surface area contributed by atoms with E-state index in [0.717, 1.165) is 29.6 Å². The SMILES string of the molecule is C1CC2CC1CC2CN1CCC2CNCC2C1. The van der Waals surface area contributed by atoms with Crippen LogP contribution in [0.25, 0.3) is 0 Å². The summed E-state index contributed by atoms with van der Waals surface area (Å²) in [4.78, 5) is 2.81. The molecule has 2 saturated heterocycles. The molecule has 1 N–H and O–H groups in total. The van der Waals surface area contributed by atoms with Crippen molar-refractivity contribution in [3.05, 3.63) is 0 Å². The molecule has 4 fully saturated rings. The normalized spacial score (nSPS) is 49.8. The molecular formula is C15H26N2. The highest BCUT2D eigenvalue weighted by molar-refractivity contribution is 4.93. The van der Waals surface area contributed by atoms with Crippen LogP contribution in [0.1, 0.15) is 32.1 Å². The molecule has 2 nitrogen and oxygen atoms in total. The molecule has 4 aliphatic rings. The van der Waals surface area contributed by atoms with Gasteiger partial charge in [-0.25, -0.2) is 0 Å². The molecule has 2 aliphatic carbocycles. The molecule has 0 aromatic rings. The first-order valence-electron chi connectivity index (χ1n) is 7.81. The van der Waals surface area contributed by atoms with Crippen molar-refractivity contribution in [2.45, 2.75) is 32.1 Å². The second-order valence-corrected chi connectivity index (χ2v) is 7.16. The standard InChI is InChI=1S/C15H26N2/c1-2-12-5-11(1)6-14(12)9-17-4-3-13-7-16-8-15(13)10-17/h11-16H,1-10H2. The Hall–Kier alpha value is -0.0800. The maximum Gasteiger partial charge on any atom is 0.00251 e. The van der Waals surface area contributed by atoms with E-state index >= 15 is 0 Å². The summed E-state index contributed by atoms with van der Waals surface area (Å²) >= 11 is 0. The van der Waals surface area contributed by atoms with Crippen LogP contribution in [0.3, 0.4) is 0 Å². The fourth-order valence-electron chi connectivity index (χ4n) is 5.21. The topological polar surface area (TPSA) is 15.3 Å². The Bertz CT molecular complexity index is 291. The number of hydrogen-bond acceptors (Lipinski definition) is 2. The lowest BCUT2D eigenvalue weighted by Gasteiger charge is -2.37. The minimum absolute atomic E-state index is 0.974. The molecule has 17 heavy (non-hydrogen) atoms. The molecule has 0 spiro atoms. The number of nitrogens with zero attached hydrogens (tertiary/aromatic N) is 1. The van der Waals surface area contributed by atoms with Crippen molar-refractivity contribution in [3.63, 3.8) is 0 Å². The van der Waals surface area contributed by atoms with Crippen LogP contribution in [0.5, 0.6) is 0 Å². The first-order chi connectivity index (χ1) is 8.38. The number of nitrogens with one attached hydrogen (secondary N) is 1. The van der Waals surface area contributed by atoms with E-state index < -0.39 is 0 Å². The molecule has 2 heteroatoms. The van der Waals surface area contributed by atoms with Gasteiger partial charge in [0.05, 0.1) is 0 Å². The van der Waals surface area contributed by atoms with Crippen molar-refractivity contribution in [1.82, 2.24) is 10.2 Å². The first kappa shape index (κ1) is 10.8. The van der Waals surface area contributed by atoms with Crippen LogP contribution in [-0.4, -0.2) is 37.6 Å². The summed E-state index contributed by atoms with van der Waals surface area (Å²) in [6, 6.07) is 0. The highest BCUT2D eigenvalue weighted by Gasteiger charge is 2.41. The van der Waals surface area contributed by atoms with Gasteiger partial charge in [0, 0.05) is 13.1 Å². The minimum Gasteiger partial charge on any atom is -0.316 e. The Balaban J connectivity index is 1.34. The molecule has 0 aromatic heterocycles. The van der Waals surface area contributed by atoms with E-state index in [-0.39, 0.29) is 0 Å². The summed E-state index contributed by atoms with van der Waals surface area (Å²) < 4.78 is 0. The molecule has 5 atom stereocenters. The molecule has 4 rings (SSSR count). The average Bonchev–Trinajstić information content (AvgIpc) is 3.03. The maximum absolute atomic E-state index is 3.58. The third-order valence-electron chi connectivity index (χ3n) is 6.17. The van der Waals surface area contributed by atoms with Crippen molar-refractivity contribution in [2.75, 3.05) is 32.7 Å². The molecule has 2 bridgehead atoms. The largest absolute Gasteiger partial charge is 0.316 e. The third kappa shape index (κ3) is 1.94. The van der Waals surface area contributed by atoms with Gasteiger partial charge in [-0.3, -0.25) is 0 Å². The summed E-state index contributed by atoms with van der Waals surface area (Å²) in [6.45, 7) is 6.80. The van der Waals surface area contributed by atoms with Gasteiger partial charge >= 0.3 is 0 Å². The van der Waals surface area contributed by atoms with Crippen LogP contribution in [0.4, 0.5) is 0 Å². The van der Waals surface area contributed by atoms with E-state index in [9.17, 15) is 0 Å². The fourth-order valence-corrected chi connectivity index (χ4v) is 5.21. The van der Waals surface area contributed by atoms with Gasteiger partial charge in [-0.1, -0.05) is 6.42 Å². The van der Waals surface area contributed by atoms with Gasteiger partial charge in [-0.15, -0.1) is 0 Å². The van der Waals surface area contributed by atoms with Crippen LogP contribution >= 0.6 is 0 Å². The lowest BCUT2D eigenvalue weighted by atomic mass is 9.85. The minimum atomic E-state index is 0.974. The van der Waals surface area contributed by atoms with Crippen molar-refractivity contribution in [2.24, 2.45) is 29.6 Å². The zero-order valence-corrected chi connectivity index (χ0v) is 10.9. The Morgan fingerprint density at radius 3 is 2.71 bits per heavy atom. The fraction of sp³-hybridized carbons (Fsp3) is 1.00. The Morgan fingerprint density at radius 1 is 0.941 bits per heavy atom. The van der Waals surface area contributed by atoms with Gasteiger partial charge in [0.25, 0.3) is 0 Å². The lowest BCUT2D eigenvalue weighted by Crippen LogP contribution is -2.43. The number of hydrogen-bond donors (Lipinski definition) is 1. The quantitative estimate of drug-likeness (QED) is 0.786. The number of likely N-dealkylation sites (tertiary alicyclic amines) is 1. The summed E-state index contributed by atoms with van der Waals surface area (Å²) in [5.41, 5.74) is 0. The van der Waals surface area contributed by atoms with Crippen molar-refractivity contribution >= 4 is 0 Å². The van der Waals surface area contributed by atoms with E-state index in [4.69, 9.17) is 0 Å². The third-order valence-corrected chi connectivity index (χ3v) is 6.17. The molecule has 0 aromatic carbocycles. The second kappa shape index (κ2) is 4.24. The molecule has 0 radical (unpaired) electrons. The first-order valence-corrected chi connectivity index (χ1v) is 7.81. The predicted octanol–water partition coefficient (Wildman–Crippen LogP) is 1.96. The van der Waals surface area contributed by atoms with Gasteiger partial charge in [0.15, 0.2) is 0 Å². The monoisotopic (exact) mass is 234 g/mol. The van der Waals surface area contributed by atoms with Crippen LogP contribution in [0.15, 0.2) is 0 Å². The van der Waals surface area contributed by atoms with Gasteiger partial charge in [0.2, 0.25) is 0 Å². The van der Waals surface area contributed by atoms with E-state index in [2.05, 4.69) is 10.2 Å². The van der Waals surface area contributed by atoms with Gasteiger partial charge < -0.3 is 10.2 Å². The van der Waals surface area contributed by atoms with Gasteiger partial charge in [0.1, 0.15) is 0 Å². The van der Waals surface area contributed by atoms with Gasteiger partial charge in [-0.2, -0.15) is 0 Å². The summed E-state index contributed by atoms with van der Waals surface area (Å²) in [5, 5.41) is 3.58. The predicted molar refractivity (Wildman–Crippen MR) is 69.8 cm³/mol. The number of fused-ring (bicyclic) bond motifs is 3. The Kier molecular flexibility index (Phi) is 2.69. The average molecular weight is 234 g/mol. The van der Waals surface area contributed by atoms with E-state index in [0.29, 0.717) is 0 Å². The molecule has 2 saturated carbocycles. The zero-order valence-electron chi connectivity index (χ0n) is 10.9. The lowest BCUT2D eigenvalue weighted by molar-refractivity contribution is 0.114. The van der Waals surface area contributed by atoms with Crippen molar-refractivity contribution in [3.8, 4) is 0 Å². The molecule has 96 valence electrons. The van der Waals surface area contributed by atoms with Crippen LogP contribution < -0.4 is 5.32 Å². The van der Waals surface area contributed by atoms with Gasteiger partial charge in [-0.05, 0) is 74.9 Å². The molecule has 2 aliphatic heterocycles. The van der Waals surface area contributed by atoms with E-state index in [1.54, 1.807) is 25.7 Å². The highest BCUT2D eigenvalue weighted by Crippen LogP contribution is 2.48. The smallest absolute Gasteiger partial charge is 0.00251 e. The molecular weight excluding hydrogens is 208 g/mol. The maximum atomic E-state index is 3.58. The van der Waals surface area contributed by atoms with Crippen molar-refractivity contribution < 1.29 is 0 Å². The van der Waals surface area contributed by atoms with E-state index in [1.165, 1.54) is 39.1 Å². The second-order valence-electron chi connectivity index (χ2n) is 7.16. The summed E-state index contributed by atoms with van der Waals surface area (Å²) in [7, 11) is 0. The summed E-state index contributed by atoms with van der Waals surface area (Å²) in [5.74, 6) is 5.28. The Labute approximate surface area is 105 Å². The highest BCUT2D eigenvalue weighted by atomic mass is 15.2. The van der Waals surface area contributed by atoms with Crippen molar-refractivity contribution in [1.29, 1.82) is 0 Å². The zero-order chi connectivity index (χ0) is 11.2.